The number of nitrogens with one attached hydrogen (secondary N) is 1. The van der Waals surface area contributed by atoms with Crippen molar-refractivity contribution in [3.05, 3.63) is 22.3 Å². The third-order valence-corrected chi connectivity index (χ3v) is 2.47. The SMILES string of the molecule is CC.CC.CC(C)c1c[nH]c2c1=CCCC=2. The van der Waals surface area contributed by atoms with Crippen LogP contribution in [0.4, 0.5) is 0 Å². The minimum atomic E-state index is 0.632. The molecule has 0 aromatic carbocycles. The molecular formula is C15H27N. The molecule has 0 spiro atoms. The molecule has 16 heavy (non-hydrogen) atoms. The average molecular weight is 221 g/mol. The van der Waals surface area contributed by atoms with Gasteiger partial charge in [-0.05, 0) is 29.5 Å². The highest BCUT2D eigenvalue weighted by atomic mass is 14.7. The van der Waals surface area contributed by atoms with E-state index in [1.54, 1.807) is 0 Å². The van der Waals surface area contributed by atoms with Gasteiger partial charge in [-0.25, -0.2) is 0 Å². The molecule has 0 unspecified atom stereocenters. The third kappa shape index (κ3) is 3.55. The van der Waals surface area contributed by atoms with E-state index in [4.69, 9.17) is 0 Å². The zero-order chi connectivity index (χ0) is 12.6. The smallest absolute Gasteiger partial charge is 0.0413 e. The number of aromatic amines is 1. The van der Waals surface area contributed by atoms with Crippen LogP contribution >= 0.6 is 0 Å². The molecule has 1 nitrogen and oxygen atoms in total. The Kier molecular flexibility index (Phi) is 7.70. The summed E-state index contributed by atoms with van der Waals surface area (Å²) in [5.41, 5.74) is 1.46. The zero-order valence-electron chi connectivity index (χ0n) is 11.7. The van der Waals surface area contributed by atoms with Crippen molar-refractivity contribution in [2.75, 3.05) is 0 Å². The number of hydrogen-bond donors (Lipinski definition) is 1. The Morgan fingerprint density at radius 3 is 2.12 bits per heavy atom. The van der Waals surface area contributed by atoms with Crippen molar-refractivity contribution in [2.45, 2.75) is 60.3 Å². The molecule has 1 aromatic rings. The van der Waals surface area contributed by atoms with Crippen molar-refractivity contribution in [2.24, 2.45) is 0 Å². The minimum absolute atomic E-state index is 0.632. The molecule has 0 radical (unpaired) electrons. The second kappa shape index (κ2) is 8.20. The Bertz CT molecular complexity index is 382. The quantitative estimate of drug-likeness (QED) is 0.746. The van der Waals surface area contributed by atoms with E-state index in [9.17, 15) is 0 Å². The Morgan fingerprint density at radius 1 is 1.00 bits per heavy atom. The predicted molar refractivity (Wildman–Crippen MR) is 75.0 cm³/mol. The molecule has 1 aliphatic carbocycles. The first kappa shape index (κ1) is 15.0. The normalized spacial score (nSPS) is 12.2. The third-order valence-electron chi connectivity index (χ3n) is 2.47. The maximum absolute atomic E-state index is 3.32. The Balaban J connectivity index is 0.000000509. The van der Waals surface area contributed by atoms with Gasteiger partial charge in [0.25, 0.3) is 0 Å². The lowest BCUT2D eigenvalue weighted by Gasteiger charge is -2.01. The summed E-state index contributed by atoms with van der Waals surface area (Å²) in [7, 11) is 0. The molecule has 1 N–H and O–H groups in total. The van der Waals surface area contributed by atoms with Crippen LogP contribution < -0.4 is 10.6 Å². The fourth-order valence-corrected chi connectivity index (χ4v) is 1.80. The standard InChI is InChI=1S/C11H15N.2C2H6/c1-8(2)10-7-12-11-6-4-3-5-9(10)11;2*1-2/h5-8,12H,3-4H2,1-2H3;2*1-2H3. The molecule has 0 atom stereocenters. The maximum Gasteiger partial charge on any atom is 0.0413 e. The van der Waals surface area contributed by atoms with E-state index >= 15 is 0 Å². The first-order valence-electron chi connectivity index (χ1n) is 6.66. The first-order chi connectivity index (χ1) is 7.79. The molecule has 92 valence electrons. The van der Waals surface area contributed by atoms with Crippen LogP contribution in [0, 0.1) is 0 Å². The van der Waals surface area contributed by atoms with E-state index in [-0.39, 0.29) is 0 Å². The van der Waals surface area contributed by atoms with Crippen molar-refractivity contribution >= 4 is 12.2 Å². The van der Waals surface area contributed by atoms with E-state index in [0.29, 0.717) is 5.92 Å². The number of hydrogen-bond acceptors (Lipinski definition) is 0. The zero-order valence-corrected chi connectivity index (χ0v) is 11.7. The van der Waals surface area contributed by atoms with Gasteiger partial charge in [-0.15, -0.1) is 0 Å². The van der Waals surface area contributed by atoms with Crippen molar-refractivity contribution in [3.63, 3.8) is 0 Å². The van der Waals surface area contributed by atoms with Crippen LogP contribution in [-0.2, 0) is 0 Å². The molecule has 1 aliphatic rings. The second-order valence-electron chi connectivity index (χ2n) is 3.71. The summed E-state index contributed by atoms with van der Waals surface area (Å²) in [5.74, 6) is 0.632. The highest BCUT2D eigenvalue weighted by Gasteiger charge is 2.04. The van der Waals surface area contributed by atoms with Crippen LogP contribution in [0.2, 0.25) is 0 Å². The lowest BCUT2D eigenvalue weighted by molar-refractivity contribution is 0.860. The summed E-state index contributed by atoms with van der Waals surface area (Å²) in [6, 6.07) is 0. The van der Waals surface area contributed by atoms with Gasteiger partial charge in [-0.2, -0.15) is 0 Å². The molecule has 1 heteroatoms. The molecule has 2 rings (SSSR count). The summed E-state index contributed by atoms with van der Waals surface area (Å²) < 4.78 is 0. The molecule has 0 amide bonds. The fraction of sp³-hybridized carbons (Fsp3) is 0.600. The lowest BCUT2D eigenvalue weighted by Crippen LogP contribution is -2.27. The van der Waals surface area contributed by atoms with Gasteiger partial charge in [0.2, 0.25) is 0 Å². The maximum atomic E-state index is 3.32. The van der Waals surface area contributed by atoms with Crippen LogP contribution in [-0.4, -0.2) is 4.98 Å². The van der Waals surface area contributed by atoms with Gasteiger partial charge in [-0.1, -0.05) is 53.7 Å². The number of fused-ring (bicyclic) bond motifs is 1. The van der Waals surface area contributed by atoms with Crippen LogP contribution in [0.15, 0.2) is 6.20 Å². The molecule has 1 heterocycles. The van der Waals surface area contributed by atoms with Crippen LogP contribution in [0.1, 0.15) is 65.9 Å². The van der Waals surface area contributed by atoms with Crippen molar-refractivity contribution < 1.29 is 0 Å². The molecule has 0 aliphatic heterocycles. The molecule has 0 fully saturated rings. The van der Waals surface area contributed by atoms with E-state index in [2.05, 4.69) is 37.2 Å². The van der Waals surface area contributed by atoms with Crippen molar-refractivity contribution in [1.29, 1.82) is 0 Å². The average Bonchev–Trinajstić information content (AvgIpc) is 2.78. The number of aromatic nitrogens is 1. The summed E-state index contributed by atoms with van der Waals surface area (Å²) in [5, 5.41) is 2.77. The van der Waals surface area contributed by atoms with Crippen LogP contribution in [0.3, 0.4) is 0 Å². The summed E-state index contributed by atoms with van der Waals surface area (Å²) in [6.45, 7) is 12.5. The van der Waals surface area contributed by atoms with Gasteiger partial charge in [0.05, 0.1) is 0 Å². The van der Waals surface area contributed by atoms with E-state index in [1.165, 1.54) is 29.0 Å². The Hall–Kier alpha value is -0.980. The topological polar surface area (TPSA) is 15.8 Å². The number of rotatable bonds is 1. The van der Waals surface area contributed by atoms with Crippen molar-refractivity contribution in [1.82, 2.24) is 4.98 Å². The largest absolute Gasteiger partial charge is 0.361 e. The summed E-state index contributed by atoms with van der Waals surface area (Å²) >= 11 is 0. The number of H-pyrrole nitrogens is 1. The highest BCUT2D eigenvalue weighted by Crippen LogP contribution is 2.07. The minimum Gasteiger partial charge on any atom is -0.361 e. The molecule has 1 aromatic heterocycles. The van der Waals surface area contributed by atoms with Crippen molar-refractivity contribution in [3.8, 4) is 0 Å². The van der Waals surface area contributed by atoms with Crippen LogP contribution in [0.5, 0.6) is 0 Å². The Morgan fingerprint density at radius 2 is 1.56 bits per heavy atom. The lowest BCUT2D eigenvalue weighted by atomic mass is 10.0. The molecule has 0 bridgehead atoms. The Labute approximate surface area is 100 Å². The summed E-state index contributed by atoms with van der Waals surface area (Å²) in [6.07, 6.45) is 9.17. The predicted octanol–water partition coefficient (Wildman–Crippen LogP) is 3.55. The van der Waals surface area contributed by atoms with E-state index in [0.717, 1.165) is 0 Å². The fourth-order valence-electron chi connectivity index (χ4n) is 1.80. The molecular weight excluding hydrogens is 194 g/mol. The molecule has 0 saturated heterocycles. The van der Waals surface area contributed by atoms with Crippen LogP contribution in [0.25, 0.3) is 12.2 Å². The molecule has 0 saturated carbocycles. The van der Waals surface area contributed by atoms with E-state index < -0.39 is 0 Å². The van der Waals surface area contributed by atoms with E-state index in [1.807, 2.05) is 27.7 Å². The van der Waals surface area contributed by atoms with Gasteiger partial charge < -0.3 is 4.98 Å². The van der Waals surface area contributed by atoms with Gasteiger partial charge in [0, 0.05) is 11.5 Å². The van der Waals surface area contributed by atoms with Gasteiger partial charge in [0.15, 0.2) is 0 Å². The summed E-state index contributed by atoms with van der Waals surface area (Å²) in [4.78, 5) is 3.32. The van der Waals surface area contributed by atoms with Gasteiger partial charge in [-0.3, -0.25) is 0 Å². The monoisotopic (exact) mass is 221 g/mol. The second-order valence-corrected chi connectivity index (χ2v) is 3.71. The first-order valence-corrected chi connectivity index (χ1v) is 6.66. The van der Waals surface area contributed by atoms with Gasteiger partial charge in [0.1, 0.15) is 0 Å². The van der Waals surface area contributed by atoms with Gasteiger partial charge >= 0.3 is 0 Å². The highest BCUT2D eigenvalue weighted by molar-refractivity contribution is 5.39.